The molecule has 2 N–H and O–H groups in total. The fraction of sp³-hybridized carbons (Fsp3) is 0.308. The van der Waals surface area contributed by atoms with Crippen molar-refractivity contribution >= 4 is 17.3 Å². The van der Waals surface area contributed by atoms with Gasteiger partial charge in [-0.2, -0.15) is 0 Å². The lowest BCUT2D eigenvalue weighted by atomic mass is 9.96. The predicted octanol–water partition coefficient (Wildman–Crippen LogP) is 2.64. The molecule has 0 bridgehead atoms. The lowest BCUT2D eigenvalue weighted by Gasteiger charge is -2.29. The van der Waals surface area contributed by atoms with Crippen molar-refractivity contribution in [3.63, 3.8) is 0 Å². The summed E-state index contributed by atoms with van der Waals surface area (Å²) in [4.78, 5) is 0. The van der Waals surface area contributed by atoms with Gasteiger partial charge in [0.25, 0.3) is 0 Å². The van der Waals surface area contributed by atoms with Gasteiger partial charge in [0.05, 0.1) is 6.04 Å². The summed E-state index contributed by atoms with van der Waals surface area (Å²) in [7, 11) is 0. The van der Waals surface area contributed by atoms with E-state index >= 15 is 0 Å². The van der Waals surface area contributed by atoms with E-state index in [-0.39, 0.29) is 6.04 Å². The maximum absolute atomic E-state index is 5.25. The Balaban J connectivity index is 2.00. The molecule has 0 unspecified atom stereocenters. The Kier molecular flexibility index (Phi) is 2.40. The van der Waals surface area contributed by atoms with E-state index in [1.807, 2.05) is 6.07 Å². The average molecular weight is 230 g/mol. The summed E-state index contributed by atoms with van der Waals surface area (Å²) in [5.41, 5.74) is 4.14. The fourth-order valence-electron chi connectivity index (χ4n) is 2.55. The van der Waals surface area contributed by atoms with E-state index < -0.39 is 0 Å². The summed E-state index contributed by atoms with van der Waals surface area (Å²) < 4.78 is 0. The quantitative estimate of drug-likeness (QED) is 0.725. The van der Waals surface area contributed by atoms with Crippen molar-refractivity contribution in [1.82, 2.24) is 10.6 Å². The van der Waals surface area contributed by atoms with E-state index in [2.05, 4.69) is 34.9 Å². The van der Waals surface area contributed by atoms with E-state index in [4.69, 9.17) is 12.2 Å². The Morgan fingerprint density at radius 2 is 1.94 bits per heavy atom. The second-order valence-electron chi connectivity index (χ2n) is 4.30. The minimum absolute atomic E-state index is 0.285. The molecule has 1 aliphatic carbocycles. The van der Waals surface area contributed by atoms with Crippen molar-refractivity contribution in [2.45, 2.75) is 25.3 Å². The van der Waals surface area contributed by atoms with Gasteiger partial charge in [0, 0.05) is 5.70 Å². The van der Waals surface area contributed by atoms with Gasteiger partial charge in [-0.15, -0.1) is 0 Å². The van der Waals surface area contributed by atoms with E-state index in [9.17, 15) is 0 Å². The third-order valence-electron chi connectivity index (χ3n) is 3.28. The topological polar surface area (TPSA) is 24.1 Å². The highest BCUT2D eigenvalue weighted by atomic mass is 32.1. The largest absolute Gasteiger partial charge is 0.352 e. The fourth-order valence-corrected chi connectivity index (χ4v) is 2.79. The van der Waals surface area contributed by atoms with Gasteiger partial charge in [-0.25, -0.2) is 0 Å². The first kappa shape index (κ1) is 9.85. The second-order valence-corrected chi connectivity index (χ2v) is 4.71. The van der Waals surface area contributed by atoms with Gasteiger partial charge in [0.1, 0.15) is 0 Å². The molecule has 1 aliphatic heterocycles. The number of hydrogen-bond donors (Lipinski definition) is 2. The van der Waals surface area contributed by atoms with Gasteiger partial charge < -0.3 is 10.6 Å². The molecule has 0 spiro atoms. The molecule has 0 saturated heterocycles. The first-order valence-corrected chi connectivity index (χ1v) is 6.10. The summed E-state index contributed by atoms with van der Waals surface area (Å²) in [5.74, 6) is 0. The number of rotatable bonds is 1. The van der Waals surface area contributed by atoms with Crippen molar-refractivity contribution in [1.29, 1.82) is 0 Å². The van der Waals surface area contributed by atoms with Crippen LogP contribution in [-0.4, -0.2) is 5.11 Å². The second kappa shape index (κ2) is 3.91. The van der Waals surface area contributed by atoms with E-state index in [0.29, 0.717) is 0 Å². The van der Waals surface area contributed by atoms with Crippen LogP contribution in [0.4, 0.5) is 0 Å². The molecule has 3 heteroatoms. The minimum Gasteiger partial charge on any atom is -0.352 e. The Hall–Kier alpha value is -1.35. The van der Waals surface area contributed by atoms with Gasteiger partial charge >= 0.3 is 0 Å². The molecule has 16 heavy (non-hydrogen) atoms. The van der Waals surface area contributed by atoms with Gasteiger partial charge in [-0.3, -0.25) is 0 Å². The standard InChI is InChI=1S/C13H14N2S/c16-13-14-11-8-4-7-10(11)12(15-13)9-5-2-1-3-6-9/h1-3,5-6,12H,4,7-8H2,(H2,14,15,16)/t12-/m1/s1. The van der Waals surface area contributed by atoms with Crippen molar-refractivity contribution in [2.24, 2.45) is 0 Å². The highest BCUT2D eigenvalue weighted by Gasteiger charge is 2.28. The lowest BCUT2D eigenvalue weighted by Crippen LogP contribution is -2.42. The maximum atomic E-state index is 5.25. The number of nitrogens with one attached hydrogen (secondary N) is 2. The van der Waals surface area contributed by atoms with Crippen molar-refractivity contribution in [2.75, 3.05) is 0 Å². The Labute approximate surface area is 101 Å². The molecule has 0 fully saturated rings. The molecule has 0 amide bonds. The third kappa shape index (κ3) is 1.61. The van der Waals surface area contributed by atoms with E-state index in [1.54, 1.807) is 0 Å². The van der Waals surface area contributed by atoms with Gasteiger partial charge in [-0.1, -0.05) is 30.3 Å². The first-order valence-electron chi connectivity index (χ1n) is 5.69. The minimum atomic E-state index is 0.285. The van der Waals surface area contributed by atoms with Crippen LogP contribution in [0, 0.1) is 0 Å². The van der Waals surface area contributed by atoms with Crippen LogP contribution in [0.1, 0.15) is 30.9 Å². The Morgan fingerprint density at radius 3 is 2.75 bits per heavy atom. The zero-order valence-corrected chi connectivity index (χ0v) is 9.81. The summed E-state index contributed by atoms with van der Waals surface area (Å²) in [5, 5.41) is 7.40. The number of hydrogen-bond acceptors (Lipinski definition) is 1. The first-order chi connectivity index (χ1) is 7.84. The molecular weight excluding hydrogens is 216 g/mol. The summed E-state index contributed by atoms with van der Waals surface area (Å²) in [6, 6.07) is 10.8. The molecule has 3 rings (SSSR count). The van der Waals surface area contributed by atoms with Crippen LogP contribution in [0.25, 0.3) is 0 Å². The highest BCUT2D eigenvalue weighted by Crippen LogP contribution is 2.36. The summed E-state index contributed by atoms with van der Waals surface area (Å²) in [6.07, 6.45) is 3.56. The molecule has 0 radical (unpaired) electrons. The predicted molar refractivity (Wildman–Crippen MR) is 68.9 cm³/mol. The SMILES string of the molecule is S=C1NC2=C(CCC2)[C@@H](c2ccccc2)N1. The summed E-state index contributed by atoms with van der Waals surface area (Å²) in [6.45, 7) is 0. The Morgan fingerprint density at radius 1 is 1.12 bits per heavy atom. The number of benzene rings is 1. The van der Waals surface area contributed by atoms with Crippen LogP contribution in [0.2, 0.25) is 0 Å². The molecular formula is C13H14N2S. The maximum Gasteiger partial charge on any atom is 0.171 e. The highest BCUT2D eigenvalue weighted by molar-refractivity contribution is 7.80. The van der Waals surface area contributed by atoms with Crippen LogP contribution in [0.15, 0.2) is 41.6 Å². The number of thiocarbonyl (C=S) groups is 1. The molecule has 1 aromatic carbocycles. The van der Waals surface area contributed by atoms with Gasteiger partial charge in [-0.05, 0) is 42.6 Å². The third-order valence-corrected chi connectivity index (χ3v) is 3.50. The van der Waals surface area contributed by atoms with E-state index in [0.717, 1.165) is 11.5 Å². The summed E-state index contributed by atoms with van der Waals surface area (Å²) >= 11 is 5.25. The van der Waals surface area contributed by atoms with Gasteiger partial charge in [0.15, 0.2) is 5.11 Å². The molecule has 2 nitrogen and oxygen atoms in total. The van der Waals surface area contributed by atoms with Crippen LogP contribution in [-0.2, 0) is 0 Å². The average Bonchev–Trinajstić information content (AvgIpc) is 2.77. The van der Waals surface area contributed by atoms with Crippen molar-refractivity contribution in [3.05, 3.63) is 47.2 Å². The molecule has 2 aliphatic rings. The lowest BCUT2D eigenvalue weighted by molar-refractivity contribution is 0.683. The van der Waals surface area contributed by atoms with Crippen LogP contribution in [0.3, 0.4) is 0 Å². The molecule has 0 saturated carbocycles. The normalized spacial score (nSPS) is 23.8. The molecule has 1 aromatic rings. The van der Waals surface area contributed by atoms with Crippen LogP contribution < -0.4 is 10.6 Å². The van der Waals surface area contributed by atoms with Crippen LogP contribution >= 0.6 is 12.2 Å². The monoisotopic (exact) mass is 230 g/mol. The van der Waals surface area contributed by atoms with E-state index in [1.165, 1.54) is 29.7 Å². The van der Waals surface area contributed by atoms with Crippen LogP contribution in [0.5, 0.6) is 0 Å². The molecule has 1 heterocycles. The molecule has 1 atom stereocenters. The molecule has 82 valence electrons. The van der Waals surface area contributed by atoms with Crippen molar-refractivity contribution in [3.8, 4) is 0 Å². The zero-order valence-electron chi connectivity index (χ0n) is 8.99. The zero-order chi connectivity index (χ0) is 11.0. The van der Waals surface area contributed by atoms with Crippen molar-refractivity contribution < 1.29 is 0 Å². The van der Waals surface area contributed by atoms with Gasteiger partial charge in [0.2, 0.25) is 0 Å². The Bertz CT molecular complexity index is 450. The molecule has 0 aromatic heterocycles. The smallest absolute Gasteiger partial charge is 0.171 e. The number of allylic oxidation sites excluding steroid dienone is 1.